The topological polar surface area (TPSA) is 75.4 Å². The molecule has 0 aliphatic rings. The highest BCUT2D eigenvalue weighted by Gasteiger charge is 2.41. The Morgan fingerprint density at radius 3 is 2.38 bits per heavy atom. The summed E-state index contributed by atoms with van der Waals surface area (Å²) in [4.78, 5) is 23.6. The molecule has 2 unspecified atom stereocenters. The normalized spacial score (nSPS) is 13.5. The quantitative estimate of drug-likeness (QED) is 0.839. The minimum Gasteiger partial charge on any atom is -0.334 e. The lowest BCUT2D eigenvalue weighted by Gasteiger charge is -2.19. The number of nitrogens with zero attached hydrogens (tertiary/aromatic N) is 1. The molecule has 2 atom stereocenters. The number of nitrogens with two attached hydrogens (primary N) is 1. The van der Waals surface area contributed by atoms with Crippen LogP contribution in [0.4, 0.5) is 18.9 Å². The smallest absolute Gasteiger partial charge is 0.334 e. The Hall–Kier alpha value is -1.80. The number of nitrogens with one attached hydrogen (secondary N) is 1. The Kier molecular flexibility index (Phi) is 8.22. The van der Waals surface area contributed by atoms with Crippen LogP contribution in [-0.2, 0) is 16.1 Å². The summed E-state index contributed by atoms with van der Waals surface area (Å²) in [6.45, 7) is 3.17. The number of hydrogen-bond donors (Lipinski definition) is 2. The van der Waals surface area contributed by atoms with E-state index >= 15 is 0 Å². The fourth-order valence-electron chi connectivity index (χ4n) is 1.80. The summed E-state index contributed by atoms with van der Waals surface area (Å²) in [7, 11) is 1.07. The van der Waals surface area contributed by atoms with Crippen LogP contribution in [0.1, 0.15) is 19.4 Å². The zero-order valence-corrected chi connectivity index (χ0v) is 14.4. The van der Waals surface area contributed by atoms with Crippen molar-refractivity contribution in [2.75, 3.05) is 12.4 Å². The first-order chi connectivity index (χ1) is 10.5. The molecule has 1 aromatic carbocycles. The molecule has 9 heteroatoms. The highest BCUT2D eigenvalue weighted by molar-refractivity contribution is 5.92. The van der Waals surface area contributed by atoms with Crippen molar-refractivity contribution in [3.05, 3.63) is 29.8 Å². The number of benzene rings is 1. The Morgan fingerprint density at radius 2 is 1.88 bits per heavy atom. The van der Waals surface area contributed by atoms with E-state index in [0.29, 0.717) is 16.2 Å². The third kappa shape index (κ3) is 6.37. The summed E-state index contributed by atoms with van der Waals surface area (Å²) < 4.78 is 37.1. The lowest BCUT2D eigenvalue weighted by atomic mass is 10.0. The average Bonchev–Trinajstić information content (AvgIpc) is 2.44. The van der Waals surface area contributed by atoms with Crippen LogP contribution in [0.3, 0.4) is 0 Å². The minimum absolute atomic E-state index is 0. The van der Waals surface area contributed by atoms with E-state index in [9.17, 15) is 22.8 Å². The van der Waals surface area contributed by atoms with Gasteiger partial charge in [-0.05, 0) is 24.6 Å². The number of carbonyl (C=O) groups excluding carboxylic acids is 2. The molecule has 0 radical (unpaired) electrons. The van der Waals surface area contributed by atoms with Gasteiger partial charge in [-0.15, -0.1) is 12.4 Å². The highest BCUT2D eigenvalue weighted by atomic mass is 35.5. The minimum atomic E-state index is -4.91. The molecule has 5 nitrogen and oxygen atoms in total. The van der Waals surface area contributed by atoms with E-state index in [1.807, 2.05) is 0 Å². The zero-order valence-electron chi connectivity index (χ0n) is 13.6. The van der Waals surface area contributed by atoms with E-state index in [1.165, 1.54) is 6.07 Å². The third-order valence-electron chi connectivity index (χ3n) is 3.41. The molecule has 0 saturated heterocycles. The van der Waals surface area contributed by atoms with Crippen molar-refractivity contribution in [1.29, 1.82) is 0 Å². The molecule has 0 fully saturated rings. The van der Waals surface area contributed by atoms with Crippen LogP contribution in [0.25, 0.3) is 0 Å². The number of carbonyl (C=O) groups is 2. The van der Waals surface area contributed by atoms with Gasteiger partial charge in [-0.3, -0.25) is 9.59 Å². The van der Waals surface area contributed by atoms with Crippen LogP contribution in [0, 0.1) is 5.92 Å². The van der Waals surface area contributed by atoms with Crippen molar-refractivity contribution in [3.8, 4) is 0 Å². The number of rotatable bonds is 5. The molecule has 0 aliphatic carbocycles. The average molecular weight is 368 g/mol. The molecule has 0 aliphatic heterocycles. The molecule has 0 aromatic heterocycles. The maximum atomic E-state index is 12.4. The molecule has 2 amide bonds. The predicted octanol–water partition coefficient (Wildman–Crippen LogP) is 2.55. The second-order valence-corrected chi connectivity index (χ2v) is 5.50. The van der Waals surface area contributed by atoms with E-state index in [4.69, 9.17) is 5.73 Å². The van der Waals surface area contributed by atoms with Gasteiger partial charge >= 0.3 is 12.1 Å². The lowest BCUT2D eigenvalue weighted by Crippen LogP contribution is -2.38. The van der Waals surface area contributed by atoms with Gasteiger partial charge in [0.25, 0.3) is 0 Å². The van der Waals surface area contributed by atoms with Crippen molar-refractivity contribution >= 4 is 29.9 Å². The van der Waals surface area contributed by atoms with E-state index < -0.39 is 18.0 Å². The largest absolute Gasteiger partial charge is 0.471 e. The van der Waals surface area contributed by atoms with Crippen LogP contribution < -0.4 is 11.1 Å². The number of amides is 2. The van der Waals surface area contributed by atoms with Gasteiger partial charge in [0.2, 0.25) is 5.91 Å². The van der Waals surface area contributed by atoms with Crippen LogP contribution in [-0.4, -0.2) is 36.0 Å². The van der Waals surface area contributed by atoms with Crippen molar-refractivity contribution in [1.82, 2.24) is 4.90 Å². The summed E-state index contributed by atoms with van der Waals surface area (Å²) in [5.74, 6) is -2.61. The first kappa shape index (κ1) is 22.2. The lowest BCUT2D eigenvalue weighted by molar-refractivity contribution is -0.184. The molecule has 1 rings (SSSR count). The van der Waals surface area contributed by atoms with Gasteiger partial charge in [0, 0.05) is 25.3 Å². The van der Waals surface area contributed by atoms with Crippen molar-refractivity contribution in [3.63, 3.8) is 0 Å². The zero-order chi connectivity index (χ0) is 17.8. The molecular weight excluding hydrogens is 347 g/mol. The van der Waals surface area contributed by atoms with Crippen LogP contribution in [0.15, 0.2) is 24.3 Å². The van der Waals surface area contributed by atoms with Gasteiger partial charge in [-0.1, -0.05) is 19.1 Å². The predicted molar refractivity (Wildman–Crippen MR) is 87.7 cm³/mol. The summed E-state index contributed by atoms with van der Waals surface area (Å²) >= 11 is 0. The Balaban J connectivity index is 0.00000529. The van der Waals surface area contributed by atoms with E-state index in [2.05, 4.69) is 5.32 Å². The summed E-state index contributed by atoms with van der Waals surface area (Å²) in [5.41, 5.74) is 6.56. The standard InChI is InChI=1S/C15H20F3N3O2.ClH/c1-9(10(2)19)13(22)20-12-6-4-5-11(7-12)8-21(3)14(23)15(16,17)18;/h4-7,9-10H,8,19H2,1-3H3,(H,20,22);1H. The van der Waals surface area contributed by atoms with E-state index in [-0.39, 0.29) is 30.9 Å². The fourth-order valence-corrected chi connectivity index (χ4v) is 1.80. The summed E-state index contributed by atoms with van der Waals surface area (Å²) in [6.07, 6.45) is -4.91. The van der Waals surface area contributed by atoms with Gasteiger partial charge in [0.1, 0.15) is 0 Å². The molecule has 136 valence electrons. The Bertz CT molecular complexity index is 579. The second-order valence-electron chi connectivity index (χ2n) is 5.50. The summed E-state index contributed by atoms with van der Waals surface area (Å²) in [5, 5.41) is 2.65. The SMILES string of the molecule is CC(N)C(C)C(=O)Nc1cccc(CN(C)C(=O)C(F)(F)F)c1.Cl. The molecule has 3 N–H and O–H groups in total. The molecule has 0 heterocycles. The monoisotopic (exact) mass is 367 g/mol. The Labute approximate surface area is 144 Å². The fraction of sp³-hybridized carbons (Fsp3) is 0.467. The van der Waals surface area contributed by atoms with Crippen molar-refractivity contribution in [2.45, 2.75) is 32.6 Å². The number of anilines is 1. The molecule has 0 spiro atoms. The van der Waals surface area contributed by atoms with Crippen molar-refractivity contribution in [2.24, 2.45) is 11.7 Å². The van der Waals surface area contributed by atoms with E-state index in [1.54, 1.807) is 32.0 Å². The molecule has 1 aromatic rings. The first-order valence-corrected chi connectivity index (χ1v) is 7.00. The van der Waals surface area contributed by atoms with Gasteiger partial charge in [-0.2, -0.15) is 13.2 Å². The molecule has 0 bridgehead atoms. The van der Waals surface area contributed by atoms with Gasteiger partial charge in [-0.25, -0.2) is 0 Å². The molecule has 0 saturated carbocycles. The summed E-state index contributed by atoms with van der Waals surface area (Å²) in [6, 6.07) is 5.97. The molecule has 24 heavy (non-hydrogen) atoms. The second kappa shape index (κ2) is 8.89. The first-order valence-electron chi connectivity index (χ1n) is 7.00. The van der Waals surface area contributed by atoms with Gasteiger partial charge in [0.15, 0.2) is 0 Å². The van der Waals surface area contributed by atoms with E-state index in [0.717, 1.165) is 7.05 Å². The number of hydrogen-bond acceptors (Lipinski definition) is 3. The highest BCUT2D eigenvalue weighted by Crippen LogP contribution is 2.20. The maximum absolute atomic E-state index is 12.4. The molecular formula is C15H21ClF3N3O2. The maximum Gasteiger partial charge on any atom is 0.471 e. The third-order valence-corrected chi connectivity index (χ3v) is 3.41. The van der Waals surface area contributed by atoms with Gasteiger partial charge in [0.05, 0.1) is 5.92 Å². The van der Waals surface area contributed by atoms with Crippen molar-refractivity contribution < 1.29 is 22.8 Å². The Morgan fingerprint density at radius 1 is 1.29 bits per heavy atom. The van der Waals surface area contributed by atoms with Crippen LogP contribution in [0.5, 0.6) is 0 Å². The van der Waals surface area contributed by atoms with Crippen LogP contribution in [0.2, 0.25) is 0 Å². The number of halogens is 4. The van der Waals surface area contributed by atoms with Crippen LogP contribution >= 0.6 is 12.4 Å². The van der Waals surface area contributed by atoms with Gasteiger partial charge < -0.3 is 16.0 Å². The number of alkyl halides is 3.